The van der Waals surface area contributed by atoms with Crippen LogP contribution in [0.2, 0.25) is 0 Å². The second kappa shape index (κ2) is 6.07. The van der Waals surface area contributed by atoms with E-state index >= 15 is 0 Å². The first-order chi connectivity index (χ1) is 11.0. The van der Waals surface area contributed by atoms with Crippen molar-refractivity contribution in [2.75, 3.05) is 0 Å². The van der Waals surface area contributed by atoms with Crippen LogP contribution >= 0.6 is 0 Å². The van der Waals surface area contributed by atoms with Gasteiger partial charge in [0.2, 0.25) is 21.6 Å². The molecular weight excluding hydrogens is 325 g/mol. The molecule has 1 N–H and O–H groups in total. The summed E-state index contributed by atoms with van der Waals surface area (Å²) in [5.41, 5.74) is 0.0225. The van der Waals surface area contributed by atoms with Crippen molar-refractivity contribution in [2.45, 2.75) is 30.4 Å². The predicted octanol–water partition coefficient (Wildman–Crippen LogP) is 1.21. The zero-order valence-electron chi connectivity index (χ0n) is 12.0. The molecule has 1 amide bonds. The van der Waals surface area contributed by atoms with Crippen molar-refractivity contribution in [2.24, 2.45) is 5.92 Å². The van der Waals surface area contributed by atoms with Gasteiger partial charge in [0.1, 0.15) is 5.82 Å². The molecule has 1 fully saturated rings. The summed E-state index contributed by atoms with van der Waals surface area (Å²) in [6.07, 6.45) is 1.72. The van der Waals surface area contributed by atoms with Crippen molar-refractivity contribution in [3.8, 4) is 0 Å². The fraction of sp³-hybridized carbons (Fsp3) is 0.357. The van der Waals surface area contributed by atoms with Gasteiger partial charge < -0.3 is 9.73 Å². The highest BCUT2D eigenvalue weighted by Gasteiger charge is 2.30. The number of hydrogen-bond donors (Lipinski definition) is 1. The minimum atomic E-state index is -3.95. The van der Waals surface area contributed by atoms with Gasteiger partial charge in [0, 0.05) is 11.5 Å². The van der Waals surface area contributed by atoms with E-state index in [1.807, 2.05) is 0 Å². The predicted molar refractivity (Wildman–Crippen MR) is 76.2 cm³/mol. The normalized spacial score (nSPS) is 14.7. The minimum absolute atomic E-state index is 0.00823. The third-order valence-electron chi connectivity index (χ3n) is 3.38. The molecule has 1 heterocycles. The van der Waals surface area contributed by atoms with Crippen LogP contribution in [0.1, 0.15) is 24.3 Å². The quantitative estimate of drug-likeness (QED) is 0.849. The summed E-state index contributed by atoms with van der Waals surface area (Å²) in [6, 6.07) is 5.57. The molecule has 0 radical (unpaired) electrons. The maximum absolute atomic E-state index is 13.6. The number of hydrogen-bond acceptors (Lipinski definition) is 6. The number of carbonyl (C=O) groups is 1. The molecule has 9 heteroatoms. The van der Waals surface area contributed by atoms with Crippen molar-refractivity contribution in [1.82, 2.24) is 15.5 Å². The summed E-state index contributed by atoms with van der Waals surface area (Å²) in [5, 5.41) is 9.08. The molecule has 0 aliphatic heterocycles. The SMILES string of the molecule is O=C(NCc1nnc(S(=O)(=O)Cc2ccccc2F)o1)C1CC1. The van der Waals surface area contributed by atoms with Crippen molar-refractivity contribution in [1.29, 1.82) is 0 Å². The van der Waals surface area contributed by atoms with Crippen LogP contribution in [0, 0.1) is 11.7 Å². The molecule has 1 aliphatic rings. The van der Waals surface area contributed by atoms with Gasteiger partial charge in [0.05, 0.1) is 12.3 Å². The van der Waals surface area contributed by atoms with E-state index in [0.29, 0.717) is 0 Å². The first-order valence-corrected chi connectivity index (χ1v) is 8.67. The Morgan fingerprint density at radius 1 is 1.30 bits per heavy atom. The molecule has 7 nitrogen and oxygen atoms in total. The van der Waals surface area contributed by atoms with Crippen molar-refractivity contribution >= 4 is 15.7 Å². The molecule has 0 saturated heterocycles. The number of aromatic nitrogens is 2. The van der Waals surface area contributed by atoms with E-state index < -0.39 is 26.6 Å². The number of amides is 1. The Kier molecular flexibility index (Phi) is 4.12. The number of rotatable bonds is 6. The highest BCUT2D eigenvalue weighted by atomic mass is 32.2. The van der Waals surface area contributed by atoms with E-state index in [0.717, 1.165) is 12.8 Å². The molecule has 0 unspecified atom stereocenters. The van der Waals surface area contributed by atoms with Crippen LogP contribution in [-0.4, -0.2) is 24.5 Å². The number of carbonyl (C=O) groups excluding carboxylic acids is 1. The van der Waals surface area contributed by atoms with Crippen LogP contribution in [0.25, 0.3) is 0 Å². The Bertz CT molecular complexity index is 830. The van der Waals surface area contributed by atoms with Gasteiger partial charge in [-0.2, -0.15) is 0 Å². The Morgan fingerprint density at radius 2 is 2.04 bits per heavy atom. The lowest BCUT2D eigenvalue weighted by atomic mass is 10.2. The van der Waals surface area contributed by atoms with E-state index in [-0.39, 0.29) is 29.8 Å². The van der Waals surface area contributed by atoms with Crippen LogP contribution in [0.3, 0.4) is 0 Å². The molecule has 1 aliphatic carbocycles. The molecular formula is C14H14FN3O4S. The molecule has 3 rings (SSSR count). The van der Waals surface area contributed by atoms with E-state index in [1.165, 1.54) is 18.2 Å². The molecule has 122 valence electrons. The molecule has 23 heavy (non-hydrogen) atoms. The largest absolute Gasteiger partial charge is 0.411 e. The Labute approximate surface area is 131 Å². The average Bonchev–Trinajstić information content (AvgIpc) is 3.25. The number of benzene rings is 1. The van der Waals surface area contributed by atoms with Gasteiger partial charge in [-0.25, -0.2) is 12.8 Å². The van der Waals surface area contributed by atoms with E-state index in [9.17, 15) is 17.6 Å². The third kappa shape index (κ3) is 3.73. The summed E-state index contributed by atoms with van der Waals surface area (Å²) in [7, 11) is -3.95. The number of nitrogens with one attached hydrogen (secondary N) is 1. The third-order valence-corrected chi connectivity index (χ3v) is 4.77. The molecule has 1 aromatic heterocycles. The van der Waals surface area contributed by atoms with Crippen LogP contribution in [0.5, 0.6) is 0 Å². The van der Waals surface area contributed by atoms with Gasteiger partial charge in [0.15, 0.2) is 0 Å². The van der Waals surface area contributed by atoms with Crippen LogP contribution < -0.4 is 5.32 Å². The molecule has 0 atom stereocenters. The molecule has 0 spiro atoms. The number of halogens is 1. The highest BCUT2D eigenvalue weighted by molar-refractivity contribution is 7.90. The van der Waals surface area contributed by atoms with E-state index in [2.05, 4.69) is 15.5 Å². The Balaban J connectivity index is 1.68. The summed E-state index contributed by atoms with van der Waals surface area (Å²) in [4.78, 5) is 11.5. The van der Waals surface area contributed by atoms with Gasteiger partial charge in [-0.3, -0.25) is 4.79 Å². The second-order valence-electron chi connectivity index (χ2n) is 5.30. The van der Waals surface area contributed by atoms with Gasteiger partial charge >= 0.3 is 5.22 Å². The Morgan fingerprint density at radius 3 is 2.74 bits per heavy atom. The van der Waals surface area contributed by atoms with E-state index in [4.69, 9.17) is 4.42 Å². The van der Waals surface area contributed by atoms with Crippen molar-refractivity contribution < 1.29 is 22.0 Å². The lowest BCUT2D eigenvalue weighted by Crippen LogP contribution is -2.24. The van der Waals surface area contributed by atoms with Crippen molar-refractivity contribution in [3.05, 3.63) is 41.5 Å². The number of sulfone groups is 1. The molecule has 2 aromatic rings. The van der Waals surface area contributed by atoms with Crippen LogP contribution in [0.15, 0.2) is 33.9 Å². The highest BCUT2D eigenvalue weighted by Crippen LogP contribution is 2.28. The Hall–Kier alpha value is -2.29. The van der Waals surface area contributed by atoms with Crippen LogP contribution in [0.4, 0.5) is 4.39 Å². The molecule has 1 saturated carbocycles. The zero-order valence-corrected chi connectivity index (χ0v) is 12.8. The topological polar surface area (TPSA) is 102 Å². The van der Waals surface area contributed by atoms with Gasteiger partial charge in [-0.05, 0) is 18.9 Å². The maximum Gasteiger partial charge on any atom is 0.335 e. The zero-order chi connectivity index (χ0) is 16.4. The lowest BCUT2D eigenvalue weighted by Gasteiger charge is -2.02. The van der Waals surface area contributed by atoms with E-state index in [1.54, 1.807) is 6.07 Å². The standard InChI is InChI=1S/C14H14FN3O4S/c15-11-4-2-1-3-10(11)8-23(20,21)14-18-17-12(22-14)7-16-13(19)9-5-6-9/h1-4,9H,5-8H2,(H,16,19). The lowest BCUT2D eigenvalue weighted by molar-refractivity contribution is -0.122. The molecule has 1 aromatic carbocycles. The fourth-order valence-electron chi connectivity index (χ4n) is 1.97. The second-order valence-corrected chi connectivity index (χ2v) is 7.17. The van der Waals surface area contributed by atoms with Crippen LogP contribution in [-0.2, 0) is 26.9 Å². The van der Waals surface area contributed by atoms with Gasteiger partial charge in [-0.15, -0.1) is 5.10 Å². The van der Waals surface area contributed by atoms with Crippen molar-refractivity contribution in [3.63, 3.8) is 0 Å². The average molecular weight is 339 g/mol. The molecule has 0 bridgehead atoms. The number of nitrogens with zero attached hydrogens (tertiary/aromatic N) is 2. The summed E-state index contributed by atoms with van der Waals surface area (Å²) in [5.74, 6) is -1.28. The summed E-state index contributed by atoms with van der Waals surface area (Å²) in [6.45, 7) is -0.0302. The van der Waals surface area contributed by atoms with Gasteiger partial charge in [-0.1, -0.05) is 23.3 Å². The first kappa shape index (κ1) is 15.6. The van der Waals surface area contributed by atoms with Gasteiger partial charge in [0.25, 0.3) is 0 Å². The monoisotopic (exact) mass is 339 g/mol. The first-order valence-electron chi connectivity index (χ1n) is 7.02. The minimum Gasteiger partial charge on any atom is -0.411 e. The summed E-state index contributed by atoms with van der Waals surface area (Å²) >= 11 is 0. The summed E-state index contributed by atoms with van der Waals surface area (Å²) < 4.78 is 43.0. The fourth-order valence-corrected chi connectivity index (χ4v) is 3.13. The maximum atomic E-state index is 13.6. The smallest absolute Gasteiger partial charge is 0.335 e.